The highest BCUT2D eigenvalue weighted by Gasteiger charge is 2.61. The highest BCUT2D eigenvalue weighted by Crippen LogP contribution is 2.28. The Hall–Kier alpha value is -0.810. The Morgan fingerprint density at radius 2 is 2.38 bits per heavy atom. The second kappa shape index (κ2) is 2.36. The number of carbonyl (C=O) groups is 1. The van der Waals surface area contributed by atoms with Crippen LogP contribution in [0.15, 0.2) is 0 Å². The van der Waals surface area contributed by atoms with Crippen LogP contribution in [0, 0.1) is 0 Å². The molecule has 0 saturated carbocycles. The van der Waals surface area contributed by atoms with E-state index in [9.17, 15) is 9.90 Å². The molecule has 3 fully saturated rings. The lowest BCUT2D eigenvalue weighted by Crippen LogP contribution is -3.13. The first kappa shape index (κ1) is 7.58. The number of carbonyl (C=O) groups excluding carboxylic acids is 1. The molecule has 0 aromatic rings. The zero-order valence-corrected chi connectivity index (χ0v) is 7.16. The molecule has 5 heteroatoms. The van der Waals surface area contributed by atoms with Crippen molar-refractivity contribution in [2.24, 2.45) is 0 Å². The van der Waals surface area contributed by atoms with Gasteiger partial charge in [0, 0.05) is 6.42 Å². The minimum atomic E-state index is -1.17. The van der Waals surface area contributed by atoms with E-state index in [-0.39, 0.29) is 18.2 Å². The number of nitrogens with one attached hydrogen (secondary N) is 2. The summed E-state index contributed by atoms with van der Waals surface area (Å²) in [6.45, 7) is 2.07. The molecule has 3 heterocycles. The highest BCUT2D eigenvalue weighted by molar-refractivity contribution is 5.62. The number of ether oxygens (including phenoxy) is 1. The van der Waals surface area contributed by atoms with Crippen molar-refractivity contribution in [2.45, 2.75) is 30.7 Å². The first-order chi connectivity index (χ1) is 6.25. The van der Waals surface area contributed by atoms with E-state index in [0.29, 0.717) is 6.04 Å². The van der Waals surface area contributed by atoms with E-state index >= 15 is 0 Å². The number of carboxylic acid groups (broad SMARTS) is 1. The van der Waals surface area contributed by atoms with E-state index < -0.39 is 6.09 Å². The van der Waals surface area contributed by atoms with Crippen LogP contribution in [0.4, 0.5) is 4.79 Å². The molecule has 5 atom stereocenters. The maximum atomic E-state index is 10.4. The van der Waals surface area contributed by atoms with Crippen molar-refractivity contribution in [3.8, 4) is 0 Å². The van der Waals surface area contributed by atoms with E-state index in [1.165, 1.54) is 4.90 Å². The third-order valence-electron chi connectivity index (χ3n) is 3.51. The molecule has 13 heavy (non-hydrogen) atoms. The zero-order valence-electron chi connectivity index (χ0n) is 7.16. The summed E-state index contributed by atoms with van der Waals surface area (Å²) in [6, 6.07) is 0.329. The van der Waals surface area contributed by atoms with Crippen LogP contribution >= 0.6 is 0 Å². The molecule has 3 aliphatic rings. The number of hydrogen-bond acceptors (Lipinski definition) is 3. The molecule has 0 spiro atoms. The Kier molecular flexibility index (Phi) is 1.38. The molecule has 1 amide bonds. The maximum absolute atomic E-state index is 10.4. The van der Waals surface area contributed by atoms with E-state index in [4.69, 9.17) is 4.74 Å². The molecular weight excluding hydrogens is 172 g/mol. The largest absolute Gasteiger partial charge is 0.530 e. The molecule has 3 rings (SSSR count). The lowest BCUT2D eigenvalue weighted by Gasteiger charge is -2.19. The predicted molar refractivity (Wildman–Crippen MR) is 40.1 cm³/mol. The van der Waals surface area contributed by atoms with Crippen LogP contribution < -0.4 is 15.3 Å². The van der Waals surface area contributed by atoms with Gasteiger partial charge in [-0.1, -0.05) is 0 Å². The first-order valence-corrected chi connectivity index (χ1v) is 4.73. The summed E-state index contributed by atoms with van der Waals surface area (Å²) < 4.78 is 5.69. The first-order valence-electron chi connectivity index (χ1n) is 4.73. The topological polar surface area (TPSA) is 65.8 Å². The Morgan fingerprint density at radius 1 is 1.54 bits per heavy atom. The lowest BCUT2D eigenvalue weighted by atomic mass is 10.1. The molecule has 1 unspecified atom stereocenters. The van der Waals surface area contributed by atoms with Crippen molar-refractivity contribution < 1.29 is 19.5 Å². The predicted octanol–water partition coefficient (Wildman–Crippen LogP) is -3.27. The van der Waals surface area contributed by atoms with Crippen molar-refractivity contribution >= 4 is 6.09 Å². The van der Waals surface area contributed by atoms with Crippen LogP contribution in [-0.2, 0) is 4.74 Å². The van der Waals surface area contributed by atoms with Gasteiger partial charge in [-0.2, -0.15) is 0 Å². The van der Waals surface area contributed by atoms with Gasteiger partial charge in [0.05, 0.1) is 6.54 Å². The lowest BCUT2D eigenvalue weighted by molar-refractivity contribution is -0.907. The molecule has 72 valence electrons. The molecule has 0 aliphatic carbocycles. The Morgan fingerprint density at radius 3 is 3.08 bits per heavy atom. The second-order valence-corrected chi connectivity index (χ2v) is 4.10. The standard InChI is InChI=1S/C8H12N2O3/c11-8(12)9-6-5-3-10-2-1-4(13-5)7(6)10/h4-7,9H,1-3H2,(H,11,12)/t4-,5+,6-,7+/m0/s1. The summed E-state index contributed by atoms with van der Waals surface area (Å²) in [7, 11) is 0. The van der Waals surface area contributed by atoms with Crippen LogP contribution in [0.3, 0.4) is 0 Å². The van der Waals surface area contributed by atoms with E-state index in [1.807, 2.05) is 0 Å². The number of morpholine rings is 1. The maximum Gasteiger partial charge on any atom is 0.137 e. The van der Waals surface area contributed by atoms with Gasteiger partial charge in [0.25, 0.3) is 0 Å². The summed E-state index contributed by atoms with van der Waals surface area (Å²) in [5.41, 5.74) is 0. The van der Waals surface area contributed by atoms with Gasteiger partial charge in [-0.25, -0.2) is 0 Å². The quantitative estimate of drug-likeness (QED) is 0.449. The number of rotatable bonds is 1. The van der Waals surface area contributed by atoms with Crippen LogP contribution in [0.1, 0.15) is 6.42 Å². The van der Waals surface area contributed by atoms with Crippen molar-refractivity contribution in [2.75, 3.05) is 13.1 Å². The molecule has 3 saturated heterocycles. The third kappa shape index (κ3) is 0.912. The van der Waals surface area contributed by atoms with Crippen molar-refractivity contribution in [3.05, 3.63) is 0 Å². The van der Waals surface area contributed by atoms with Crippen LogP contribution in [0.25, 0.3) is 0 Å². The highest BCUT2D eigenvalue weighted by atomic mass is 16.5. The minimum absolute atomic E-state index is 0.0208. The monoisotopic (exact) mass is 184 g/mol. The summed E-state index contributed by atoms with van der Waals surface area (Å²) in [6.07, 6.45) is 0.269. The Bertz CT molecular complexity index is 244. The fourth-order valence-corrected chi connectivity index (χ4v) is 3.11. The number of hydrogen-bond donors (Lipinski definition) is 2. The number of fused-ring (bicyclic) bond motifs is 1. The van der Waals surface area contributed by atoms with Crippen molar-refractivity contribution in [3.63, 3.8) is 0 Å². The summed E-state index contributed by atoms with van der Waals surface area (Å²) in [4.78, 5) is 11.9. The molecule has 0 aromatic heterocycles. The number of quaternary nitrogens is 1. The summed E-state index contributed by atoms with van der Waals surface area (Å²) in [5.74, 6) is 0. The van der Waals surface area contributed by atoms with Crippen LogP contribution in [0.5, 0.6) is 0 Å². The summed E-state index contributed by atoms with van der Waals surface area (Å²) >= 11 is 0. The van der Waals surface area contributed by atoms with Crippen LogP contribution in [0.2, 0.25) is 0 Å². The van der Waals surface area contributed by atoms with E-state index in [2.05, 4.69) is 5.32 Å². The van der Waals surface area contributed by atoms with E-state index in [1.54, 1.807) is 0 Å². The molecule has 0 aromatic carbocycles. The Balaban J connectivity index is 1.81. The number of amides is 1. The van der Waals surface area contributed by atoms with Gasteiger partial charge in [-0.15, -0.1) is 0 Å². The fourth-order valence-electron chi connectivity index (χ4n) is 3.11. The van der Waals surface area contributed by atoms with Gasteiger partial charge in [-0.3, -0.25) is 0 Å². The Labute approximate surface area is 75.7 Å². The second-order valence-electron chi connectivity index (χ2n) is 4.10. The van der Waals surface area contributed by atoms with Crippen LogP contribution in [-0.4, -0.2) is 43.5 Å². The van der Waals surface area contributed by atoms with Gasteiger partial charge in [-0.05, 0) is 0 Å². The smallest absolute Gasteiger partial charge is 0.137 e. The van der Waals surface area contributed by atoms with E-state index in [0.717, 1.165) is 19.5 Å². The molecule has 5 nitrogen and oxygen atoms in total. The molecule has 2 N–H and O–H groups in total. The fraction of sp³-hybridized carbons (Fsp3) is 0.875. The molecule has 3 aliphatic heterocycles. The minimum Gasteiger partial charge on any atom is -0.530 e. The summed E-state index contributed by atoms with van der Waals surface area (Å²) in [5, 5.41) is 12.9. The van der Waals surface area contributed by atoms with Crippen molar-refractivity contribution in [1.82, 2.24) is 5.32 Å². The van der Waals surface area contributed by atoms with Gasteiger partial charge in [0.1, 0.15) is 36.9 Å². The van der Waals surface area contributed by atoms with Gasteiger partial charge >= 0.3 is 0 Å². The third-order valence-corrected chi connectivity index (χ3v) is 3.51. The average Bonchev–Trinajstić information content (AvgIpc) is 2.60. The average molecular weight is 184 g/mol. The molecule has 0 radical (unpaired) electrons. The van der Waals surface area contributed by atoms with Gasteiger partial charge in [0.15, 0.2) is 0 Å². The van der Waals surface area contributed by atoms with Gasteiger partial charge in [0.2, 0.25) is 0 Å². The molecular formula is C8H12N2O3. The molecule has 2 bridgehead atoms. The van der Waals surface area contributed by atoms with Gasteiger partial charge < -0.3 is 24.9 Å². The normalized spacial score (nSPS) is 51.2. The van der Waals surface area contributed by atoms with Crippen molar-refractivity contribution in [1.29, 1.82) is 0 Å². The SMILES string of the molecule is O=C([O-])N[C@@H]1[C@H]2[C@@H]3CC[NH+]2C[C@H]1O3. The zero-order chi connectivity index (χ0) is 9.00.